The summed E-state index contributed by atoms with van der Waals surface area (Å²) in [6, 6.07) is 14.4. The molecular formula is C15H14Cl3N5. The summed E-state index contributed by atoms with van der Waals surface area (Å²) in [5.74, 6) is 0.0791. The van der Waals surface area contributed by atoms with Crippen molar-refractivity contribution in [1.82, 2.24) is 5.43 Å². The molecule has 120 valence electrons. The first-order valence-corrected chi connectivity index (χ1v) is 7.06. The van der Waals surface area contributed by atoms with E-state index in [1.807, 2.05) is 24.3 Å². The Bertz CT molecular complexity index is 694. The molecule has 0 amide bonds. The van der Waals surface area contributed by atoms with Gasteiger partial charge in [0, 0.05) is 10.0 Å². The Morgan fingerprint density at radius 2 is 1.35 bits per heavy atom. The van der Waals surface area contributed by atoms with E-state index in [2.05, 4.69) is 20.7 Å². The van der Waals surface area contributed by atoms with Crippen molar-refractivity contribution >= 4 is 54.0 Å². The molecule has 0 radical (unpaired) electrons. The molecule has 0 spiro atoms. The number of hydrazone groups is 1. The number of halogens is 3. The van der Waals surface area contributed by atoms with Crippen LogP contribution in [0.25, 0.3) is 0 Å². The zero-order valence-electron chi connectivity index (χ0n) is 11.9. The molecule has 8 heteroatoms. The maximum Gasteiger partial charge on any atom is 0.234 e. The molecule has 0 heterocycles. The van der Waals surface area contributed by atoms with E-state index >= 15 is 0 Å². The zero-order valence-corrected chi connectivity index (χ0v) is 14.2. The van der Waals surface area contributed by atoms with E-state index in [4.69, 9.17) is 28.9 Å². The molecule has 0 aliphatic rings. The Kier molecular flexibility index (Phi) is 8.11. The highest BCUT2D eigenvalue weighted by Gasteiger charge is 1.90. The number of hydrogen-bond donors (Lipinski definition) is 2. The Morgan fingerprint density at radius 3 is 1.87 bits per heavy atom. The third kappa shape index (κ3) is 7.15. The predicted octanol–water partition coefficient (Wildman–Crippen LogP) is 3.69. The van der Waals surface area contributed by atoms with Crippen LogP contribution in [0.1, 0.15) is 11.1 Å². The van der Waals surface area contributed by atoms with E-state index in [0.717, 1.165) is 11.1 Å². The summed E-state index contributed by atoms with van der Waals surface area (Å²) in [5.41, 5.74) is 9.94. The van der Waals surface area contributed by atoms with Gasteiger partial charge in [0.15, 0.2) is 0 Å². The largest absolute Gasteiger partial charge is 0.367 e. The summed E-state index contributed by atoms with van der Waals surface area (Å²) in [5, 5.41) is 12.9. The van der Waals surface area contributed by atoms with Gasteiger partial charge < -0.3 is 5.73 Å². The second-order valence-corrected chi connectivity index (χ2v) is 5.08. The minimum atomic E-state index is 0. The van der Waals surface area contributed by atoms with E-state index in [1.165, 1.54) is 0 Å². The van der Waals surface area contributed by atoms with Crippen LogP contribution in [0.15, 0.2) is 63.8 Å². The fraction of sp³-hybridized carbons (Fsp3) is 0. The summed E-state index contributed by atoms with van der Waals surface area (Å²) in [6.45, 7) is 0. The summed E-state index contributed by atoms with van der Waals surface area (Å²) in [7, 11) is 0. The van der Waals surface area contributed by atoms with Crippen LogP contribution in [0.4, 0.5) is 0 Å². The van der Waals surface area contributed by atoms with Crippen molar-refractivity contribution in [1.29, 1.82) is 0 Å². The van der Waals surface area contributed by atoms with Gasteiger partial charge in [0.25, 0.3) is 0 Å². The summed E-state index contributed by atoms with van der Waals surface area (Å²) in [4.78, 5) is 0. The Labute approximate surface area is 150 Å². The minimum Gasteiger partial charge on any atom is -0.367 e. The molecule has 0 atom stereocenters. The molecule has 0 saturated carbocycles. The van der Waals surface area contributed by atoms with E-state index in [1.54, 1.807) is 36.7 Å². The van der Waals surface area contributed by atoms with E-state index in [0.29, 0.717) is 10.0 Å². The molecule has 3 N–H and O–H groups in total. The molecule has 2 rings (SSSR count). The van der Waals surface area contributed by atoms with Crippen molar-refractivity contribution in [3.63, 3.8) is 0 Å². The molecule has 2 aromatic rings. The lowest BCUT2D eigenvalue weighted by Crippen LogP contribution is -2.26. The fourth-order valence-electron chi connectivity index (χ4n) is 1.45. The van der Waals surface area contributed by atoms with Crippen LogP contribution in [0.2, 0.25) is 10.0 Å². The highest BCUT2D eigenvalue weighted by molar-refractivity contribution is 6.30. The van der Waals surface area contributed by atoms with Crippen LogP contribution in [-0.2, 0) is 0 Å². The average molecular weight is 371 g/mol. The topological polar surface area (TPSA) is 75.1 Å². The number of nitrogens with zero attached hydrogens (tertiary/aromatic N) is 3. The molecular weight excluding hydrogens is 357 g/mol. The van der Waals surface area contributed by atoms with Crippen LogP contribution in [0.3, 0.4) is 0 Å². The van der Waals surface area contributed by atoms with E-state index in [9.17, 15) is 0 Å². The number of guanidine groups is 1. The molecule has 5 nitrogen and oxygen atoms in total. The smallest absolute Gasteiger partial charge is 0.234 e. The maximum atomic E-state index is 5.79. The predicted molar refractivity (Wildman–Crippen MR) is 100 cm³/mol. The SMILES string of the molecule is Cl.NC(=N/N=C\c1ccc(Cl)cc1)NN=Cc1ccc(Cl)cc1. The Hall–Kier alpha value is -2.08. The van der Waals surface area contributed by atoms with Crippen LogP contribution in [0.5, 0.6) is 0 Å². The van der Waals surface area contributed by atoms with Crippen molar-refractivity contribution in [2.45, 2.75) is 0 Å². The van der Waals surface area contributed by atoms with Crippen molar-refractivity contribution in [3.05, 3.63) is 69.7 Å². The fourth-order valence-corrected chi connectivity index (χ4v) is 1.70. The second kappa shape index (κ2) is 9.84. The number of hydrogen-bond acceptors (Lipinski definition) is 3. The first-order valence-electron chi connectivity index (χ1n) is 6.30. The number of benzene rings is 2. The van der Waals surface area contributed by atoms with E-state index < -0.39 is 0 Å². The van der Waals surface area contributed by atoms with Gasteiger partial charge in [0.1, 0.15) is 0 Å². The highest BCUT2D eigenvalue weighted by atomic mass is 35.5. The van der Waals surface area contributed by atoms with Crippen molar-refractivity contribution in [3.8, 4) is 0 Å². The third-order valence-corrected chi connectivity index (χ3v) is 3.01. The van der Waals surface area contributed by atoms with Crippen molar-refractivity contribution in [2.24, 2.45) is 21.0 Å². The summed E-state index contributed by atoms with van der Waals surface area (Å²) in [6.07, 6.45) is 3.16. The molecule has 2 aromatic carbocycles. The van der Waals surface area contributed by atoms with Gasteiger partial charge in [-0.15, -0.1) is 17.5 Å². The quantitative estimate of drug-likeness (QED) is 0.489. The normalized spacial score (nSPS) is 11.7. The van der Waals surface area contributed by atoms with Crippen molar-refractivity contribution < 1.29 is 0 Å². The highest BCUT2D eigenvalue weighted by Crippen LogP contribution is 2.08. The Morgan fingerprint density at radius 1 is 0.870 bits per heavy atom. The molecule has 0 bridgehead atoms. The van der Waals surface area contributed by atoms with Gasteiger partial charge in [-0.2, -0.15) is 10.2 Å². The molecule has 0 unspecified atom stereocenters. The monoisotopic (exact) mass is 369 g/mol. The van der Waals surface area contributed by atoms with Gasteiger partial charge in [0.05, 0.1) is 12.4 Å². The van der Waals surface area contributed by atoms with Gasteiger partial charge in [-0.3, -0.25) is 0 Å². The molecule has 0 aliphatic carbocycles. The van der Waals surface area contributed by atoms with Gasteiger partial charge in [-0.05, 0) is 35.4 Å². The van der Waals surface area contributed by atoms with Gasteiger partial charge in [-0.25, -0.2) is 5.43 Å². The molecule has 0 saturated heterocycles. The standard InChI is InChI=1S/C15H13Cl2N5.ClH/c16-13-5-1-11(2-6-13)9-19-21-15(18)22-20-10-12-3-7-14(17)8-4-12;/h1-10H,(H3,18,21,22);1H/b19-9-,20-10?;. The summed E-state index contributed by atoms with van der Waals surface area (Å²) >= 11 is 11.6. The Balaban J connectivity index is 0.00000264. The van der Waals surface area contributed by atoms with Gasteiger partial charge in [-0.1, -0.05) is 47.5 Å². The zero-order chi connectivity index (χ0) is 15.8. The van der Waals surface area contributed by atoms with Crippen LogP contribution < -0.4 is 11.2 Å². The molecule has 0 aromatic heterocycles. The minimum absolute atomic E-state index is 0. The lowest BCUT2D eigenvalue weighted by Gasteiger charge is -1.96. The van der Waals surface area contributed by atoms with Crippen LogP contribution in [0, 0.1) is 0 Å². The molecule has 0 fully saturated rings. The molecule has 23 heavy (non-hydrogen) atoms. The number of nitrogens with one attached hydrogen (secondary N) is 1. The van der Waals surface area contributed by atoms with Crippen LogP contribution >= 0.6 is 35.6 Å². The van der Waals surface area contributed by atoms with Crippen molar-refractivity contribution in [2.75, 3.05) is 0 Å². The average Bonchev–Trinajstić information content (AvgIpc) is 2.51. The van der Waals surface area contributed by atoms with E-state index in [-0.39, 0.29) is 18.4 Å². The first kappa shape index (κ1) is 19.0. The maximum absolute atomic E-state index is 5.79. The second-order valence-electron chi connectivity index (χ2n) is 4.20. The number of rotatable bonds is 4. The lowest BCUT2D eigenvalue weighted by atomic mass is 10.2. The number of nitrogens with two attached hydrogens (primary N) is 1. The van der Waals surface area contributed by atoms with Crippen LogP contribution in [-0.4, -0.2) is 18.4 Å². The van der Waals surface area contributed by atoms with Gasteiger partial charge >= 0.3 is 0 Å². The molecule has 0 aliphatic heterocycles. The van der Waals surface area contributed by atoms with Gasteiger partial charge in [0.2, 0.25) is 5.96 Å². The third-order valence-electron chi connectivity index (χ3n) is 2.51. The summed E-state index contributed by atoms with van der Waals surface area (Å²) < 4.78 is 0. The lowest BCUT2D eigenvalue weighted by molar-refractivity contribution is 0.994. The first-order chi connectivity index (χ1) is 10.6.